The van der Waals surface area contributed by atoms with Gasteiger partial charge in [-0.25, -0.2) is 8.42 Å². The largest absolute Gasteiger partial charge is 0.399 e. The SMILES string of the molecule is Nc1ccc(NS(=O)(=O)c2ccc3c(c2)CCCN3)cc1. The van der Waals surface area contributed by atoms with Crippen molar-refractivity contribution >= 4 is 27.1 Å². The van der Waals surface area contributed by atoms with Gasteiger partial charge in [0, 0.05) is 23.6 Å². The molecule has 0 aliphatic carbocycles. The number of sulfonamides is 1. The van der Waals surface area contributed by atoms with Crippen molar-refractivity contribution in [1.82, 2.24) is 0 Å². The Kier molecular flexibility index (Phi) is 3.47. The van der Waals surface area contributed by atoms with E-state index in [9.17, 15) is 8.42 Å². The molecule has 0 fully saturated rings. The third-order valence-electron chi connectivity index (χ3n) is 3.49. The Hall–Kier alpha value is -2.21. The number of nitrogen functional groups attached to an aromatic ring is 1. The van der Waals surface area contributed by atoms with Gasteiger partial charge in [0.1, 0.15) is 0 Å². The number of nitrogens with one attached hydrogen (secondary N) is 2. The third kappa shape index (κ3) is 2.95. The molecule has 0 unspecified atom stereocenters. The van der Waals surface area contributed by atoms with Gasteiger partial charge in [-0.1, -0.05) is 0 Å². The molecule has 6 heteroatoms. The van der Waals surface area contributed by atoms with E-state index in [0.717, 1.165) is 30.6 Å². The van der Waals surface area contributed by atoms with Crippen molar-refractivity contribution in [2.24, 2.45) is 0 Å². The van der Waals surface area contributed by atoms with Gasteiger partial charge >= 0.3 is 0 Å². The first-order valence-corrected chi connectivity index (χ1v) is 8.28. The fourth-order valence-corrected chi connectivity index (χ4v) is 3.49. The normalized spacial score (nSPS) is 14.1. The summed E-state index contributed by atoms with van der Waals surface area (Å²) in [6.07, 6.45) is 1.91. The summed E-state index contributed by atoms with van der Waals surface area (Å²) in [6, 6.07) is 11.8. The minimum atomic E-state index is -3.58. The minimum absolute atomic E-state index is 0.279. The Bertz CT molecular complexity index is 755. The molecule has 0 saturated carbocycles. The predicted octanol–water partition coefficient (Wildman–Crippen LogP) is 2.43. The number of rotatable bonds is 3. The van der Waals surface area contributed by atoms with Gasteiger partial charge in [-0.3, -0.25) is 4.72 Å². The third-order valence-corrected chi connectivity index (χ3v) is 4.87. The summed E-state index contributed by atoms with van der Waals surface area (Å²) in [5.74, 6) is 0. The Morgan fingerprint density at radius 3 is 2.62 bits per heavy atom. The lowest BCUT2D eigenvalue weighted by Crippen LogP contribution is -2.16. The maximum Gasteiger partial charge on any atom is 0.261 e. The summed E-state index contributed by atoms with van der Waals surface area (Å²) in [5.41, 5.74) is 8.75. The van der Waals surface area contributed by atoms with E-state index in [-0.39, 0.29) is 4.90 Å². The highest BCUT2D eigenvalue weighted by Crippen LogP contribution is 2.26. The second-order valence-corrected chi connectivity index (χ2v) is 6.76. The number of anilines is 3. The van der Waals surface area contributed by atoms with E-state index in [1.807, 2.05) is 6.07 Å². The number of fused-ring (bicyclic) bond motifs is 1. The first-order chi connectivity index (χ1) is 10.0. The molecule has 0 amide bonds. The van der Waals surface area contributed by atoms with Crippen LogP contribution in [0.5, 0.6) is 0 Å². The van der Waals surface area contributed by atoms with Crippen molar-refractivity contribution in [3.8, 4) is 0 Å². The minimum Gasteiger partial charge on any atom is -0.399 e. The van der Waals surface area contributed by atoms with E-state index in [1.165, 1.54) is 0 Å². The lowest BCUT2D eigenvalue weighted by molar-refractivity contribution is 0.601. The summed E-state index contributed by atoms with van der Waals surface area (Å²) in [4.78, 5) is 0.279. The average molecular weight is 303 g/mol. The maximum atomic E-state index is 12.4. The van der Waals surface area contributed by atoms with Crippen LogP contribution in [-0.2, 0) is 16.4 Å². The van der Waals surface area contributed by atoms with Gasteiger partial charge < -0.3 is 11.1 Å². The molecule has 21 heavy (non-hydrogen) atoms. The Morgan fingerprint density at radius 1 is 1.10 bits per heavy atom. The second-order valence-electron chi connectivity index (χ2n) is 5.08. The zero-order valence-corrected chi connectivity index (χ0v) is 12.3. The average Bonchev–Trinajstić information content (AvgIpc) is 2.49. The molecule has 0 spiro atoms. The fraction of sp³-hybridized carbons (Fsp3) is 0.200. The molecule has 2 aromatic rings. The first kappa shape index (κ1) is 13.8. The second kappa shape index (κ2) is 5.29. The van der Waals surface area contributed by atoms with Crippen LogP contribution < -0.4 is 15.8 Å². The molecule has 0 aromatic heterocycles. The Balaban J connectivity index is 1.89. The lowest BCUT2D eigenvalue weighted by Gasteiger charge is -2.18. The molecule has 0 saturated heterocycles. The molecule has 0 radical (unpaired) electrons. The predicted molar refractivity (Wildman–Crippen MR) is 84.9 cm³/mol. The fourth-order valence-electron chi connectivity index (χ4n) is 2.38. The van der Waals surface area contributed by atoms with Gasteiger partial charge in [-0.2, -0.15) is 0 Å². The van der Waals surface area contributed by atoms with E-state index in [4.69, 9.17) is 5.73 Å². The Morgan fingerprint density at radius 2 is 1.86 bits per heavy atom. The molecule has 0 bridgehead atoms. The van der Waals surface area contributed by atoms with Gasteiger partial charge in [-0.05, 0) is 60.9 Å². The van der Waals surface area contributed by atoms with Gasteiger partial charge in [0.05, 0.1) is 4.90 Å². The summed E-state index contributed by atoms with van der Waals surface area (Å²) in [5, 5.41) is 3.27. The van der Waals surface area contributed by atoms with E-state index in [0.29, 0.717) is 11.4 Å². The molecule has 110 valence electrons. The van der Waals surface area contributed by atoms with Crippen LogP contribution in [0.1, 0.15) is 12.0 Å². The summed E-state index contributed by atoms with van der Waals surface area (Å²) >= 11 is 0. The van der Waals surface area contributed by atoms with Gasteiger partial charge in [0.15, 0.2) is 0 Å². The quantitative estimate of drug-likeness (QED) is 0.760. The van der Waals surface area contributed by atoms with Crippen LogP contribution in [0.15, 0.2) is 47.4 Å². The van der Waals surface area contributed by atoms with Gasteiger partial charge in [-0.15, -0.1) is 0 Å². The number of hydrogen-bond acceptors (Lipinski definition) is 4. The monoisotopic (exact) mass is 303 g/mol. The molecular formula is C15H17N3O2S. The van der Waals surface area contributed by atoms with E-state index in [1.54, 1.807) is 36.4 Å². The highest BCUT2D eigenvalue weighted by atomic mass is 32.2. The molecular weight excluding hydrogens is 286 g/mol. The van der Waals surface area contributed by atoms with Crippen molar-refractivity contribution in [3.63, 3.8) is 0 Å². The molecule has 4 N–H and O–H groups in total. The number of aryl methyl sites for hydroxylation is 1. The highest BCUT2D eigenvalue weighted by molar-refractivity contribution is 7.92. The van der Waals surface area contributed by atoms with Crippen LogP contribution in [0.4, 0.5) is 17.1 Å². The molecule has 3 rings (SSSR count). The van der Waals surface area contributed by atoms with Crippen LogP contribution in [0.2, 0.25) is 0 Å². The lowest BCUT2D eigenvalue weighted by atomic mass is 10.0. The van der Waals surface area contributed by atoms with Crippen LogP contribution in [0.3, 0.4) is 0 Å². The molecule has 1 aliphatic heterocycles. The molecule has 1 aliphatic rings. The molecule has 0 atom stereocenters. The van der Waals surface area contributed by atoms with Crippen LogP contribution in [0, 0.1) is 0 Å². The molecule has 1 heterocycles. The summed E-state index contributed by atoms with van der Waals surface area (Å²) < 4.78 is 27.4. The standard InChI is InChI=1S/C15H17N3O2S/c16-12-3-5-13(6-4-12)18-21(19,20)14-7-8-15-11(10-14)2-1-9-17-15/h3-8,10,17-18H,1-2,9,16H2. The highest BCUT2D eigenvalue weighted by Gasteiger charge is 2.17. The maximum absolute atomic E-state index is 12.4. The van der Waals surface area contributed by atoms with E-state index < -0.39 is 10.0 Å². The smallest absolute Gasteiger partial charge is 0.261 e. The van der Waals surface area contributed by atoms with Crippen molar-refractivity contribution in [1.29, 1.82) is 0 Å². The van der Waals surface area contributed by atoms with Crippen molar-refractivity contribution in [2.75, 3.05) is 22.3 Å². The van der Waals surface area contributed by atoms with Crippen molar-refractivity contribution < 1.29 is 8.42 Å². The zero-order valence-electron chi connectivity index (χ0n) is 11.5. The number of hydrogen-bond donors (Lipinski definition) is 3. The number of benzene rings is 2. The van der Waals surface area contributed by atoms with Crippen LogP contribution in [0.25, 0.3) is 0 Å². The Labute approximate surface area is 124 Å². The van der Waals surface area contributed by atoms with Gasteiger partial charge in [0.2, 0.25) is 0 Å². The molecule has 2 aromatic carbocycles. The topological polar surface area (TPSA) is 84.2 Å². The molecule has 5 nitrogen and oxygen atoms in total. The summed E-state index contributed by atoms with van der Waals surface area (Å²) in [6.45, 7) is 0.933. The summed E-state index contributed by atoms with van der Waals surface area (Å²) in [7, 11) is -3.58. The van der Waals surface area contributed by atoms with E-state index in [2.05, 4.69) is 10.0 Å². The van der Waals surface area contributed by atoms with Crippen LogP contribution in [-0.4, -0.2) is 15.0 Å². The van der Waals surface area contributed by atoms with E-state index >= 15 is 0 Å². The van der Waals surface area contributed by atoms with Crippen LogP contribution >= 0.6 is 0 Å². The van der Waals surface area contributed by atoms with Crippen molar-refractivity contribution in [2.45, 2.75) is 17.7 Å². The first-order valence-electron chi connectivity index (χ1n) is 6.80. The zero-order chi connectivity index (χ0) is 14.9. The number of nitrogens with two attached hydrogens (primary N) is 1. The van der Waals surface area contributed by atoms with Gasteiger partial charge in [0.25, 0.3) is 10.0 Å². The van der Waals surface area contributed by atoms with Crippen molar-refractivity contribution in [3.05, 3.63) is 48.0 Å².